The molecule has 29 heavy (non-hydrogen) atoms. The van der Waals surface area contributed by atoms with Crippen LogP contribution in [-0.2, 0) is 28.5 Å². The van der Waals surface area contributed by atoms with E-state index in [1.165, 1.54) is 0 Å². The summed E-state index contributed by atoms with van der Waals surface area (Å²) in [5, 5.41) is 9.50. The van der Waals surface area contributed by atoms with E-state index in [2.05, 4.69) is 0 Å². The molecular weight excluding hydrogens is 376 g/mol. The van der Waals surface area contributed by atoms with Crippen LogP contribution in [0.2, 0.25) is 0 Å². The second-order valence-electron chi connectivity index (χ2n) is 8.65. The maximum absolute atomic E-state index is 12.5. The molecule has 168 valence electrons. The van der Waals surface area contributed by atoms with Crippen LogP contribution in [0.15, 0.2) is 0 Å². The van der Waals surface area contributed by atoms with Crippen LogP contribution in [0.4, 0.5) is 0 Å². The standard InChI is InChI=1S/C22H38O7/c1-6-26-21(24)15(4)19-10-8-18(29-19)12-14(3)27-22(25)16(5)20-9-7-17(28-20)11-13(2)23/h13-20,23H,6-12H2,1-5H3/t13-,14+,15-,16+,17-,18+,19-,20+/m1/s1. The van der Waals surface area contributed by atoms with Crippen molar-refractivity contribution in [2.75, 3.05) is 6.61 Å². The lowest BCUT2D eigenvalue weighted by atomic mass is 10.0. The van der Waals surface area contributed by atoms with Crippen molar-refractivity contribution in [3.8, 4) is 0 Å². The zero-order valence-electron chi connectivity index (χ0n) is 18.5. The van der Waals surface area contributed by atoms with Crippen LogP contribution < -0.4 is 0 Å². The Hall–Kier alpha value is -1.18. The number of hydrogen-bond donors (Lipinski definition) is 1. The van der Waals surface area contributed by atoms with Crippen LogP contribution in [0.3, 0.4) is 0 Å². The molecule has 0 radical (unpaired) electrons. The molecule has 2 fully saturated rings. The minimum absolute atomic E-state index is 0.0119. The summed E-state index contributed by atoms with van der Waals surface area (Å²) < 4.78 is 22.7. The zero-order valence-corrected chi connectivity index (χ0v) is 18.5. The number of rotatable bonds is 10. The first kappa shape index (κ1) is 24.1. The van der Waals surface area contributed by atoms with Crippen molar-refractivity contribution in [2.24, 2.45) is 11.8 Å². The molecule has 0 aliphatic carbocycles. The first-order chi connectivity index (χ1) is 13.7. The molecule has 2 rings (SSSR count). The van der Waals surface area contributed by atoms with E-state index >= 15 is 0 Å². The first-order valence-electron chi connectivity index (χ1n) is 11.1. The second-order valence-corrected chi connectivity index (χ2v) is 8.65. The summed E-state index contributed by atoms with van der Waals surface area (Å²) in [5.74, 6) is -1.10. The van der Waals surface area contributed by atoms with Crippen molar-refractivity contribution in [1.82, 2.24) is 0 Å². The van der Waals surface area contributed by atoms with E-state index in [-0.39, 0.29) is 54.3 Å². The van der Waals surface area contributed by atoms with Gasteiger partial charge in [-0.3, -0.25) is 9.59 Å². The van der Waals surface area contributed by atoms with Gasteiger partial charge >= 0.3 is 11.9 Å². The van der Waals surface area contributed by atoms with Gasteiger partial charge in [-0.2, -0.15) is 0 Å². The number of hydrogen-bond acceptors (Lipinski definition) is 7. The molecule has 2 aliphatic rings. The Labute approximate surface area is 174 Å². The Balaban J connectivity index is 1.73. The van der Waals surface area contributed by atoms with Crippen LogP contribution in [-0.4, -0.2) is 60.3 Å². The van der Waals surface area contributed by atoms with Gasteiger partial charge in [-0.05, 0) is 66.7 Å². The Morgan fingerprint density at radius 3 is 1.93 bits per heavy atom. The third kappa shape index (κ3) is 7.23. The molecule has 0 saturated carbocycles. The predicted molar refractivity (Wildman–Crippen MR) is 107 cm³/mol. The first-order valence-corrected chi connectivity index (χ1v) is 11.1. The Bertz CT molecular complexity index is 535. The van der Waals surface area contributed by atoms with Crippen LogP contribution in [0, 0.1) is 11.8 Å². The van der Waals surface area contributed by atoms with Crippen molar-refractivity contribution >= 4 is 11.9 Å². The van der Waals surface area contributed by atoms with Crippen LogP contribution in [0.25, 0.3) is 0 Å². The zero-order chi connectivity index (χ0) is 21.6. The highest BCUT2D eigenvalue weighted by molar-refractivity contribution is 5.73. The van der Waals surface area contributed by atoms with Crippen molar-refractivity contribution in [3.63, 3.8) is 0 Å². The molecule has 0 unspecified atom stereocenters. The highest BCUT2D eigenvalue weighted by Crippen LogP contribution is 2.31. The predicted octanol–water partition coefficient (Wildman–Crippen LogP) is 3.01. The maximum Gasteiger partial charge on any atom is 0.311 e. The number of carbonyl (C=O) groups excluding carboxylic acids is 2. The van der Waals surface area contributed by atoms with Gasteiger partial charge in [-0.25, -0.2) is 0 Å². The topological polar surface area (TPSA) is 91.3 Å². The molecule has 7 heteroatoms. The number of carbonyl (C=O) groups is 2. The Morgan fingerprint density at radius 2 is 1.41 bits per heavy atom. The lowest BCUT2D eigenvalue weighted by Gasteiger charge is -2.24. The number of esters is 2. The van der Waals surface area contributed by atoms with Crippen molar-refractivity contribution in [3.05, 3.63) is 0 Å². The smallest absolute Gasteiger partial charge is 0.311 e. The highest BCUT2D eigenvalue weighted by Gasteiger charge is 2.37. The van der Waals surface area contributed by atoms with E-state index in [0.29, 0.717) is 19.4 Å². The van der Waals surface area contributed by atoms with Gasteiger partial charge in [0.2, 0.25) is 0 Å². The largest absolute Gasteiger partial charge is 0.466 e. The van der Waals surface area contributed by atoms with Gasteiger partial charge in [0.15, 0.2) is 0 Å². The summed E-state index contributed by atoms with van der Waals surface area (Å²) in [5.41, 5.74) is 0. The lowest BCUT2D eigenvalue weighted by Crippen LogP contribution is -2.32. The molecule has 2 aliphatic heterocycles. The Morgan fingerprint density at radius 1 is 0.897 bits per heavy atom. The molecule has 8 atom stereocenters. The summed E-state index contributed by atoms with van der Waals surface area (Å²) in [7, 11) is 0. The van der Waals surface area contributed by atoms with E-state index in [1.807, 2.05) is 20.8 Å². The summed E-state index contributed by atoms with van der Waals surface area (Å²) in [6, 6.07) is 0. The van der Waals surface area contributed by atoms with Gasteiger partial charge in [0.05, 0.1) is 49.0 Å². The Kier molecular flexibility index (Phi) is 9.37. The third-order valence-corrected chi connectivity index (χ3v) is 5.94. The SMILES string of the molecule is CCOC(=O)[C@H](C)[C@H]1CC[C@@H](C[C@H](C)OC(=O)[C@@H](C)[C@@H]2CC[C@H](C[C@@H](C)O)O2)O1. The minimum atomic E-state index is -0.400. The highest BCUT2D eigenvalue weighted by atomic mass is 16.6. The summed E-state index contributed by atoms with van der Waals surface area (Å²) >= 11 is 0. The molecular formula is C22H38O7. The minimum Gasteiger partial charge on any atom is -0.466 e. The van der Waals surface area contributed by atoms with Crippen molar-refractivity contribution in [1.29, 1.82) is 0 Å². The average molecular weight is 415 g/mol. The van der Waals surface area contributed by atoms with Crippen LogP contribution >= 0.6 is 0 Å². The van der Waals surface area contributed by atoms with Gasteiger partial charge in [0.1, 0.15) is 6.10 Å². The number of aliphatic hydroxyl groups excluding tert-OH is 1. The molecule has 7 nitrogen and oxygen atoms in total. The van der Waals surface area contributed by atoms with Gasteiger partial charge in [-0.1, -0.05) is 0 Å². The second kappa shape index (κ2) is 11.3. The monoisotopic (exact) mass is 414 g/mol. The molecule has 0 aromatic rings. The molecule has 0 spiro atoms. The average Bonchev–Trinajstić information content (AvgIpc) is 3.29. The quantitative estimate of drug-likeness (QED) is 0.550. The van der Waals surface area contributed by atoms with Gasteiger partial charge in [-0.15, -0.1) is 0 Å². The van der Waals surface area contributed by atoms with Crippen LogP contribution in [0.1, 0.15) is 73.1 Å². The summed E-state index contributed by atoms with van der Waals surface area (Å²) in [6.45, 7) is 9.47. The normalized spacial score (nSPS) is 31.1. The van der Waals surface area contributed by atoms with E-state index < -0.39 is 6.10 Å². The summed E-state index contributed by atoms with van der Waals surface area (Å²) in [6.07, 6.45) is 3.56. The number of aliphatic hydroxyl groups is 1. The third-order valence-electron chi connectivity index (χ3n) is 5.94. The van der Waals surface area contributed by atoms with Gasteiger partial charge in [0.25, 0.3) is 0 Å². The fourth-order valence-corrected chi connectivity index (χ4v) is 4.23. The van der Waals surface area contributed by atoms with E-state index in [0.717, 1.165) is 25.7 Å². The van der Waals surface area contributed by atoms with E-state index in [9.17, 15) is 14.7 Å². The molecule has 0 amide bonds. The van der Waals surface area contributed by atoms with Crippen molar-refractivity contribution < 1.29 is 33.6 Å². The summed E-state index contributed by atoms with van der Waals surface area (Å²) in [4.78, 5) is 24.4. The molecule has 0 aromatic heterocycles. The molecule has 2 heterocycles. The molecule has 1 N–H and O–H groups in total. The van der Waals surface area contributed by atoms with Gasteiger partial charge < -0.3 is 24.1 Å². The van der Waals surface area contributed by atoms with Gasteiger partial charge in [0, 0.05) is 6.42 Å². The van der Waals surface area contributed by atoms with E-state index in [1.54, 1.807) is 13.8 Å². The fraction of sp³-hybridized carbons (Fsp3) is 0.909. The fourth-order valence-electron chi connectivity index (χ4n) is 4.23. The van der Waals surface area contributed by atoms with Crippen molar-refractivity contribution in [2.45, 2.75) is 110 Å². The van der Waals surface area contributed by atoms with Crippen LogP contribution in [0.5, 0.6) is 0 Å². The molecule has 2 saturated heterocycles. The van der Waals surface area contributed by atoms with E-state index in [4.69, 9.17) is 18.9 Å². The number of ether oxygens (including phenoxy) is 4. The molecule has 0 bridgehead atoms. The maximum atomic E-state index is 12.5. The molecule has 0 aromatic carbocycles. The lowest BCUT2D eigenvalue weighted by molar-refractivity contribution is -0.159.